The van der Waals surface area contributed by atoms with E-state index in [4.69, 9.17) is 34.0 Å². The number of thiocarbonyl (C=S) groups is 1. The summed E-state index contributed by atoms with van der Waals surface area (Å²) in [5.74, 6) is -0.0767. The number of anilines is 1. The van der Waals surface area contributed by atoms with Gasteiger partial charge in [0.2, 0.25) is 0 Å². The van der Waals surface area contributed by atoms with Crippen LogP contribution >= 0.6 is 23.8 Å². The topological polar surface area (TPSA) is 96.9 Å². The van der Waals surface area contributed by atoms with E-state index >= 15 is 0 Å². The highest BCUT2D eigenvalue weighted by Crippen LogP contribution is 2.16. The number of hydrogen-bond acceptors (Lipinski definition) is 4. The molecule has 2 aromatic heterocycles. The number of aromatic nitrogens is 2. The van der Waals surface area contributed by atoms with Gasteiger partial charge in [-0.05, 0) is 23.7 Å². The quantitative estimate of drug-likeness (QED) is 0.735. The Kier molecular flexibility index (Phi) is 3.12. The van der Waals surface area contributed by atoms with Gasteiger partial charge in [0, 0.05) is 0 Å². The number of rotatable bonds is 3. The first kappa shape index (κ1) is 11.6. The van der Waals surface area contributed by atoms with Crippen molar-refractivity contribution < 1.29 is 9.21 Å². The molecule has 17 heavy (non-hydrogen) atoms. The van der Waals surface area contributed by atoms with Gasteiger partial charge in [-0.1, -0.05) is 12.2 Å². The van der Waals surface area contributed by atoms with Gasteiger partial charge in [-0.25, -0.2) is 0 Å². The van der Waals surface area contributed by atoms with Gasteiger partial charge in [-0.3, -0.25) is 9.89 Å². The standard InChI is InChI=1S/C9H7ClN4O2S/c10-6-2-1-5(16-6)9(15)13-8-4(7(11)17)3-12-14-8/h1-3H,(H2,11,17)(H2,12,13,14,15). The van der Waals surface area contributed by atoms with Crippen LogP contribution in [0.25, 0.3) is 0 Å². The first-order chi connectivity index (χ1) is 8.08. The Balaban J connectivity index is 2.18. The van der Waals surface area contributed by atoms with Gasteiger partial charge in [0.25, 0.3) is 5.91 Å². The number of aromatic amines is 1. The van der Waals surface area contributed by atoms with E-state index in [0.29, 0.717) is 11.4 Å². The zero-order valence-electron chi connectivity index (χ0n) is 8.36. The Morgan fingerprint density at radius 3 is 2.94 bits per heavy atom. The minimum Gasteiger partial charge on any atom is -0.440 e. The molecule has 0 fully saturated rings. The molecule has 6 nitrogen and oxygen atoms in total. The molecule has 4 N–H and O–H groups in total. The van der Waals surface area contributed by atoms with Crippen LogP contribution in [0.5, 0.6) is 0 Å². The Hall–Kier alpha value is -1.86. The molecule has 0 spiro atoms. The number of nitrogens with two attached hydrogens (primary N) is 1. The molecule has 0 unspecified atom stereocenters. The highest BCUT2D eigenvalue weighted by Gasteiger charge is 2.15. The van der Waals surface area contributed by atoms with Crippen molar-refractivity contribution in [2.45, 2.75) is 0 Å². The van der Waals surface area contributed by atoms with Crippen LogP contribution in [0.4, 0.5) is 5.82 Å². The fourth-order valence-electron chi connectivity index (χ4n) is 1.18. The second kappa shape index (κ2) is 4.56. The molecule has 0 atom stereocenters. The smallest absolute Gasteiger partial charge is 0.292 e. The van der Waals surface area contributed by atoms with Crippen molar-refractivity contribution in [1.82, 2.24) is 10.2 Å². The third-order valence-corrected chi connectivity index (χ3v) is 2.36. The fourth-order valence-corrected chi connectivity index (χ4v) is 1.48. The summed E-state index contributed by atoms with van der Waals surface area (Å²) >= 11 is 10.4. The molecule has 1 amide bonds. The number of amides is 1. The van der Waals surface area contributed by atoms with Gasteiger partial charge < -0.3 is 15.5 Å². The first-order valence-corrected chi connectivity index (χ1v) is 5.26. The Bertz CT molecular complexity index is 577. The van der Waals surface area contributed by atoms with Crippen molar-refractivity contribution in [1.29, 1.82) is 0 Å². The molecule has 0 aliphatic carbocycles. The number of furan rings is 1. The Morgan fingerprint density at radius 1 is 1.59 bits per heavy atom. The predicted molar refractivity (Wildman–Crippen MR) is 66.1 cm³/mol. The molecule has 0 aliphatic heterocycles. The number of nitrogens with one attached hydrogen (secondary N) is 2. The van der Waals surface area contributed by atoms with Gasteiger partial charge in [0.15, 0.2) is 11.0 Å². The molecular formula is C9H7ClN4O2S. The molecule has 2 rings (SSSR count). The SMILES string of the molecule is NC(=S)c1cn[nH]c1NC(=O)c1ccc(Cl)o1. The summed E-state index contributed by atoms with van der Waals surface area (Å²) in [6, 6.07) is 2.92. The monoisotopic (exact) mass is 270 g/mol. The average molecular weight is 271 g/mol. The normalized spacial score (nSPS) is 10.2. The van der Waals surface area contributed by atoms with Gasteiger partial charge in [-0.2, -0.15) is 5.10 Å². The van der Waals surface area contributed by atoms with Crippen LogP contribution < -0.4 is 11.1 Å². The summed E-state index contributed by atoms with van der Waals surface area (Å²) in [6.45, 7) is 0. The number of halogens is 1. The summed E-state index contributed by atoms with van der Waals surface area (Å²) in [6.07, 6.45) is 1.42. The van der Waals surface area contributed by atoms with Crippen LogP contribution in [-0.4, -0.2) is 21.1 Å². The summed E-state index contributed by atoms with van der Waals surface area (Å²) < 4.78 is 4.95. The van der Waals surface area contributed by atoms with Crippen LogP contribution in [0, 0.1) is 0 Å². The van der Waals surface area contributed by atoms with Crippen molar-refractivity contribution in [3.05, 3.63) is 34.9 Å². The number of carbonyl (C=O) groups excluding carboxylic acids is 1. The van der Waals surface area contributed by atoms with Gasteiger partial charge >= 0.3 is 0 Å². The van der Waals surface area contributed by atoms with Crippen molar-refractivity contribution >= 4 is 40.5 Å². The number of nitrogens with zero attached hydrogens (tertiary/aromatic N) is 1. The number of hydrogen-bond donors (Lipinski definition) is 3. The molecule has 8 heteroatoms. The maximum Gasteiger partial charge on any atom is 0.292 e. The zero-order chi connectivity index (χ0) is 12.4. The van der Waals surface area contributed by atoms with E-state index < -0.39 is 5.91 Å². The van der Waals surface area contributed by atoms with Crippen LogP contribution in [0.15, 0.2) is 22.7 Å². The van der Waals surface area contributed by atoms with Crippen molar-refractivity contribution in [2.24, 2.45) is 5.73 Å². The number of carbonyl (C=O) groups is 1. The third-order valence-electron chi connectivity index (χ3n) is 1.94. The zero-order valence-corrected chi connectivity index (χ0v) is 9.93. The molecule has 0 saturated carbocycles. The van der Waals surface area contributed by atoms with E-state index in [2.05, 4.69) is 15.5 Å². The van der Waals surface area contributed by atoms with Crippen LogP contribution in [0.3, 0.4) is 0 Å². The maximum atomic E-state index is 11.7. The lowest BCUT2D eigenvalue weighted by molar-refractivity contribution is 0.0996. The third kappa shape index (κ3) is 2.45. The van der Waals surface area contributed by atoms with Crippen LogP contribution in [0.1, 0.15) is 16.1 Å². The van der Waals surface area contributed by atoms with Gasteiger partial charge in [0.05, 0.1) is 11.8 Å². The first-order valence-electron chi connectivity index (χ1n) is 4.48. The van der Waals surface area contributed by atoms with E-state index in [1.165, 1.54) is 18.3 Å². The average Bonchev–Trinajstić information content (AvgIpc) is 2.86. The molecule has 2 heterocycles. The molecule has 0 bridgehead atoms. The van der Waals surface area contributed by atoms with E-state index in [1.807, 2.05) is 0 Å². The molecule has 2 aromatic rings. The van der Waals surface area contributed by atoms with Crippen molar-refractivity contribution in [3.8, 4) is 0 Å². The van der Waals surface area contributed by atoms with Crippen molar-refractivity contribution in [2.75, 3.05) is 5.32 Å². The van der Waals surface area contributed by atoms with Crippen molar-refractivity contribution in [3.63, 3.8) is 0 Å². The van der Waals surface area contributed by atoms with E-state index in [0.717, 1.165) is 0 Å². The molecular weight excluding hydrogens is 264 g/mol. The largest absolute Gasteiger partial charge is 0.440 e. The maximum absolute atomic E-state index is 11.7. The fraction of sp³-hybridized carbons (Fsp3) is 0. The highest BCUT2D eigenvalue weighted by molar-refractivity contribution is 7.80. The number of H-pyrrole nitrogens is 1. The summed E-state index contributed by atoms with van der Waals surface area (Å²) in [7, 11) is 0. The second-order valence-electron chi connectivity index (χ2n) is 3.08. The lowest BCUT2D eigenvalue weighted by atomic mass is 10.3. The summed E-state index contributed by atoms with van der Waals surface area (Å²) in [5.41, 5.74) is 5.90. The molecule has 88 valence electrons. The minimum absolute atomic E-state index is 0.0819. The molecule has 0 aliphatic rings. The van der Waals surface area contributed by atoms with E-state index in [9.17, 15) is 4.79 Å². The van der Waals surface area contributed by atoms with Gasteiger partial charge in [0.1, 0.15) is 10.8 Å². The van der Waals surface area contributed by atoms with Gasteiger partial charge in [-0.15, -0.1) is 0 Å². The molecule has 0 radical (unpaired) electrons. The predicted octanol–water partition coefficient (Wildman–Crippen LogP) is 1.54. The summed E-state index contributed by atoms with van der Waals surface area (Å²) in [4.78, 5) is 11.8. The van der Waals surface area contributed by atoms with E-state index in [1.54, 1.807) is 0 Å². The second-order valence-corrected chi connectivity index (χ2v) is 3.89. The lowest BCUT2D eigenvalue weighted by Crippen LogP contribution is -2.16. The van der Waals surface area contributed by atoms with Crippen LogP contribution in [0.2, 0.25) is 5.22 Å². The van der Waals surface area contributed by atoms with E-state index in [-0.39, 0.29) is 16.0 Å². The highest BCUT2D eigenvalue weighted by atomic mass is 35.5. The Morgan fingerprint density at radius 2 is 2.35 bits per heavy atom. The Labute approximate surface area is 106 Å². The minimum atomic E-state index is -0.473. The summed E-state index contributed by atoms with van der Waals surface area (Å²) in [5, 5.41) is 8.96. The molecule has 0 aromatic carbocycles. The lowest BCUT2D eigenvalue weighted by Gasteiger charge is -2.02. The van der Waals surface area contributed by atoms with Crippen LogP contribution in [-0.2, 0) is 0 Å². The molecule has 0 saturated heterocycles.